The van der Waals surface area contributed by atoms with E-state index in [0.29, 0.717) is 28.3 Å². The highest BCUT2D eigenvalue weighted by Crippen LogP contribution is 2.45. The van der Waals surface area contributed by atoms with Crippen molar-refractivity contribution in [2.45, 2.75) is 78.6 Å². The average Bonchev–Trinajstić information content (AvgIpc) is 3.25. The largest absolute Gasteiger partial charge is 0.507 e. The quantitative estimate of drug-likeness (QED) is 0.0898. The minimum Gasteiger partial charge on any atom is -0.507 e. The number of nitrogens with one attached hydrogen (secondary N) is 2. The molecule has 0 radical (unpaired) electrons. The number of phenolic OH excluding ortho intramolecular Hbond substituents is 2. The molecule has 0 aliphatic carbocycles. The number of hydrogen-bond donors (Lipinski definition) is 4. The summed E-state index contributed by atoms with van der Waals surface area (Å²) in [4.78, 5) is 4.55. The normalized spacial score (nSPS) is 12.4. The number of ether oxygens (including phenoxy) is 1. The lowest BCUT2D eigenvalue weighted by Crippen LogP contribution is -2.16. The molecule has 0 unspecified atom stereocenters. The molecule has 3 aromatic carbocycles. The summed E-state index contributed by atoms with van der Waals surface area (Å²) in [6.07, 6.45) is 2.00. The fourth-order valence-electron chi connectivity index (χ4n) is 5.34. The Morgan fingerprint density at radius 1 is 0.814 bits per heavy atom. The van der Waals surface area contributed by atoms with Crippen molar-refractivity contribution in [1.82, 2.24) is 14.8 Å². The highest BCUT2D eigenvalue weighted by atomic mass is 32.1. The molecular weight excluding hydrogens is 577 g/mol. The number of aliphatic imine (C=N–C) groups is 1. The highest BCUT2D eigenvalue weighted by Gasteiger charge is 2.29. The molecule has 7 nitrogen and oxygen atoms in total. The van der Waals surface area contributed by atoms with E-state index in [1.165, 1.54) is 6.40 Å². The van der Waals surface area contributed by atoms with Crippen LogP contribution in [0.5, 0.6) is 17.2 Å². The second-order valence-corrected chi connectivity index (χ2v) is 13.9. The predicted molar refractivity (Wildman–Crippen MR) is 180 cm³/mol. The summed E-state index contributed by atoms with van der Waals surface area (Å²) in [5.41, 5.74) is 5.78. The van der Waals surface area contributed by atoms with Crippen LogP contribution in [-0.2, 0) is 10.8 Å². The molecule has 0 saturated heterocycles. The summed E-state index contributed by atoms with van der Waals surface area (Å²) in [6, 6.07) is 15.5. The maximum Gasteiger partial charge on any atom is 0.198 e. The Labute approximate surface area is 264 Å². The van der Waals surface area contributed by atoms with Gasteiger partial charge in [-0.1, -0.05) is 76.9 Å². The van der Waals surface area contributed by atoms with Crippen LogP contribution in [0.15, 0.2) is 53.5 Å². The van der Waals surface area contributed by atoms with E-state index in [9.17, 15) is 10.2 Å². The fraction of sp³-hybridized carbons (Fsp3) is 0.382. The number of aromatic amines is 2. The third-order valence-corrected chi connectivity index (χ3v) is 8.09. The molecule has 4 aromatic rings. The van der Waals surface area contributed by atoms with Gasteiger partial charge in [-0.15, -0.1) is 0 Å². The molecule has 1 aromatic heterocycles. The topological polar surface area (TPSA) is 98.6 Å². The fourth-order valence-corrected chi connectivity index (χ4v) is 5.89. The maximum atomic E-state index is 11.6. The van der Waals surface area contributed by atoms with Gasteiger partial charge in [0.25, 0.3) is 0 Å². The molecule has 0 bridgehead atoms. The number of aryl methyl sites for hydroxylation is 2. The van der Waals surface area contributed by atoms with Gasteiger partial charge in [0, 0.05) is 23.6 Å². The molecular formula is C34H42N4O3S2. The van der Waals surface area contributed by atoms with Gasteiger partial charge in [0.1, 0.15) is 17.2 Å². The number of H-pyrrole nitrogens is 2. The molecule has 43 heavy (non-hydrogen) atoms. The summed E-state index contributed by atoms with van der Waals surface area (Å²) in [5, 5.41) is 28.8. The second kappa shape index (κ2) is 12.5. The Bertz CT molecular complexity index is 1650. The Morgan fingerprint density at radius 3 is 1.72 bits per heavy atom. The van der Waals surface area contributed by atoms with Crippen molar-refractivity contribution in [3.8, 4) is 22.9 Å². The van der Waals surface area contributed by atoms with Crippen LogP contribution < -0.4 is 4.74 Å². The molecule has 0 aliphatic rings. The molecule has 0 atom stereocenters. The lowest BCUT2D eigenvalue weighted by atomic mass is 9.77. The smallest absolute Gasteiger partial charge is 0.198 e. The number of aromatic hydroxyl groups is 2. The van der Waals surface area contributed by atoms with Crippen LogP contribution in [0.3, 0.4) is 0 Å². The van der Waals surface area contributed by atoms with Gasteiger partial charge in [0.2, 0.25) is 0 Å². The monoisotopic (exact) mass is 618 g/mol. The molecule has 0 aliphatic heterocycles. The van der Waals surface area contributed by atoms with Crippen LogP contribution in [0.2, 0.25) is 0 Å². The summed E-state index contributed by atoms with van der Waals surface area (Å²) >= 11 is 10.6. The van der Waals surface area contributed by atoms with Gasteiger partial charge >= 0.3 is 0 Å². The summed E-state index contributed by atoms with van der Waals surface area (Å²) < 4.78 is 8.47. The second-order valence-electron chi connectivity index (χ2n) is 13.2. The zero-order valence-corrected chi connectivity index (χ0v) is 27.8. The lowest BCUT2D eigenvalue weighted by molar-refractivity contribution is 0.425. The summed E-state index contributed by atoms with van der Waals surface area (Å²) in [7, 11) is 0. The zero-order valence-electron chi connectivity index (χ0n) is 26.2. The molecule has 1 heterocycles. The SMILES string of the molecule is Cc1cc(C(CCN=COc2ccc(-n3c(=S)[nH][nH]c3=S)cc2)c2cc(C)cc(C(C)(C)C)c2O)c(O)c(C(C)(C)C)c1. The standard InChI is InChI=1S/C34H42N4O3S2/c1-20-15-25(29(39)27(17-20)33(3,4)5)24(26-16-21(2)18-28(30(26)40)34(6,7)8)13-14-35-19-41-23-11-9-22(10-12-23)38-31(42)36-37-32(38)43/h9-12,15-19,24,39-40H,13-14H2,1-8H3,(H,36,42)(H,37,43). The van der Waals surface area contributed by atoms with Crippen LogP contribution >= 0.6 is 24.4 Å². The molecule has 4 N–H and O–H groups in total. The maximum absolute atomic E-state index is 11.6. The molecule has 0 spiro atoms. The van der Waals surface area contributed by atoms with Crippen molar-refractivity contribution in [3.63, 3.8) is 0 Å². The third-order valence-electron chi connectivity index (χ3n) is 7.52. The third kappa shape index (κ3) is 7.28. The van der Waals surface area contributed by atoms with E-state index in [1.54, 1.807) is 4.57 Å². The van der Waals surface area contributed by atoms with Crippen LogP contribution in [0.4, 0.5) is 0 Å². The molecule has 228 valence electrons. The first-order chi connectivity index (χ1) is 20.1. The molecule has 9 heteroatoms. The highest BCUT2D eigenvalue weighted by molar-refractivity contribution is 7.72. The van der Waals surface area contributed by atoms with E-state index in [-0.39, 0.29) is 28.2 Å². The van der Waals surface area contributed by atoms with E-state index >= 15 is 0 Å². The van der Waals surface area contributed by atoms with E-state index in [4.69, 9.17) is 29.2 Å². The van der Waals surface area contributed by atoms with Crippen LogP contribution in [-0.4, -0.2) is 37.9 Å². The Hall–Kier alpha value is -3.69. The van der Waals surface area contributed by atoms with Crippen molar-refractivity contribution in [2.24, 2.45) is 4.99 Å². The van der Waals surface area contributed by atoms with Crippen molar-refractivity contribution in [1.29, 1.82) is 0 Å². The van der Waals surface area contributed by atoms with Crippen molar-refractivity contribution in [2.75, 3.05) is 6.54 Å². The minimum atomic E-state index is -0.284. The first-order valence-electron chi connectivity index (χ1n) is 14.4. The first kappa shape index (κ1) is 32.2. The summed E-state index contributed by atoms with van der Waals surface area (Å²) in [6.45, 7) is 17.1. The van der Waals surface area contributed by atoms with Gasteiger partial charge in [-0.3, -0.25) is 19.8 Å². The summed E-state index contributed by atoms with van der Waals surface area (Å²) in [5.74, 6) is 0.875. The predicted octanol–water partition coefficient (Wildman–Crippen LogP) is 8.84. The van der Waals surface area contributed by atoms with Crippen LogP contribution in [0, 0.1) is 23.4 Å². The number of phenols is 2. The Morgan fingerprint density at radius 2 is 1.28 bits per heavy atom. The van der Waals surface area contributed by atoms with Gasteiger partial charge in [-0.2, -0.15) is 0 Å². The van der Waals surface area contributed by atoms with E-state index in [0.717, 1.165) is 39.1 Å². The van der Waals surface area contributed by atoms with Crippen molar-refractivity contribution < 1.29 is 14.9 Å². The molecule has 4 rings (SSSR count). The number of nitrogens with zero attached hydrogens (tertiary/aromatic N) is 2. The number of aromatic nitrogens is 3. The van der Waals surface area contributed by atoms with Gasteiger partial charge in [-0.05, 0) is 90.9 Å². The van der Waals surface area contributed by atoms with Gasteiger partial charge in [0.15, 0.2) is 15.9 Å². The van der Waals surface area contributed by atoms with E-state index in [2.05, 4.69) is 56.7 Å². The van der Waals surface area contributed by atoms with Gasteiger partial charge < -0.3 is 14.9 Å². The first-order valence-corrected chi connectivity index (χ1v) is 15.2. The Balaban J connectivity index is 1.63. The zero-order chi connectivity index (χ0) is 31.7. The van der Waals surface area contributed by atoms with Crippen LogP contribution in [0.1, 0.15) is 87.3 Å². The van der Waals surface area contributed by atoms with Crippen molar-refractivity contribution in [3.05, 3.63) is 91.5 Å². The van der Waals surface area contributed by atoms with E-state index in [1.807, 2.05) is 62.4 Å². The molecule has 0 fully saturated rings. The minimum absolute atomic E-state index is 0.250. The van der Waals surface area contributed by atoms with Gasteiger partial charge in [0.05, 0.1) is 5.69 Å². The number of benzene rings is 3. The van der Waals surface area contributed by atoms with E-state index < -0.39 is 0 Å². The number of rotatable bonds is 8. The molecule has 0 amide bonds. The number of hydrogen-bond acceptors (Lipinski definition) is 6. The van der Waals surface area contributed by atoms with Crippen LogP contribution in [0.25, 0.3) is 5.69 Å². The Kier molecular flexibility index (Phi) is 9.37. The lowest BCUT2D eigenvalue weighted by Gasteiger charge is -2.29. The molecule has 0 saturated carbocycles. The van der Waals surface area contributed by atoms with Gasteiger partial charge in [-0.25, -0.2) is 0 Å². The average molecular weight is 619 g/mol. The van der Waals surface area contributed by atoms with Crippen molar-refractivity contribution >= 4 is 30.8 Å².